The highest BCUT2D eigenvalue weighted by Gasteiger charge is 2.32. The third kappa shape index (κ3) is 4.26. The molecule has 124 valence electrons. The van der Waals surface area contributed by atoms with E-state index in [0.29, 0.717) is 11.7 Å². The van der Waals surface area contributed by atoms with E-state index in [4.69, 9.17) is 22.7 Å². The first-order valence-electron chi connectivity index (χ1n) is 8.02. The third-order valence-corrected chi connectivity index (χ3v) is 4.14. The topological polar surface area (TPSA) is 50.5 Å². The Hall–Kier alpha value is -2.01. The van der Waals surface area contributed by atoms with Gasteiger partial charge in [-0.05, 0) is 55.8 Å². The molecule has 23 heavy (non-hydrogen) atoms. The van der Waals surface area contributed by atoms with E-state index >= 15 is 0 Å². The molecule has 1 atom stereocenters. The van der Waals surface area contributed by atoms with Gasteiger partial charge < -0.3 is 20.7 Å². The number of thiocarbonyl (C=S) groups is 1. The van der Waals surface area contributed by atoms with Crippen molar-refractivity contribution < 1.29 is 4.74 Å². The smallest absolute Gasteiger partial charge is 0.165 e. The Morgan fingerprint density at radius 3 is 2.78 bits per heavy atom. The number of nitrogens with zero attached hydrogens (tertiary/aromatic N) is 1. The zero-order chi connectivity index (χ0) is 16.7. The Morgan fingerprint density at radius 2 is 2.09 bits per heavy atom. The monoisotopic (exact) mass is 331 g/mol. The van der Waals surface area contributed by atoms with Gasteiger partial charge in [0.25, 0.3) is 0 Å². The van der Waals surface area contributed by atoms with Crippen LogP contribution in [0, 0.1) is 0 Å². The van der Waals surface area contributed by atoms with Crippen LogP contribution in [0.2, 0.25) is 0 Å². The van der Waals surface area contributed by atoms with Gasteiger partial charge in [-0.15, -0.1) is 0 Å². The number of hydrogen-bond acceptors (Lipinski definition) is 3. The normalized spacial score (nSPS) is 19.7. The number of nitrogens with two attached hydrogens (primary N) is 1. The molecule has 0 bridgehead atoms. The molecule has 0 aliphatic carbocycles. The van der Waals surface area contributed by atoms with Crippen molar-refractivity contribution in [1.29, 1.82) is 0 Å². The van der Waals surface area contributed by atoms with Crippen molar-refractivity contribution in [3.05, 3.63) is 54.3 Å². The molecule has 1 aliphatic heterocycles. The summed E-state index contributed by atoms with van der Waals surface area (Å²) in [4.78, 5) is 2.24. The lowest BCUT2D eigenvalue weighted by Gasteiger charge is -2.43. The highest BCUT2D eigenvalue weighted by molar-refractivity contribution is 7.80. The second-order valence-corrected chi connectivity index (χ2v) is 5.89. The fraction of sp³-hybridized carbons (Fsp3) is 0.389. The average Bonchev–Trinajstić information content (AvgIpc) is 2.55. The van der Waals surface area contributed by atoms with Gasteiger partial charge in [0, 0.05) is 12.7 Å². The van der Waals surface area contributed by atoms with E-state index in [1.807, 2.05) is 37.3 Å². The Morgan fingerprint density at radius 1 is 1.30 bits per heavy atom. The van der Waals surface area contributed by atoms with Crippen molar-refractivity contribution in [3.63, 3.8) is 0 Å². The van der Waals surface area contributed by atoms with Crippen LogP contribution in [0.4, 0.5) is 0 Å². The first-order valence-corrected chi connectivity index (χ1v) is 8.43. The quantitative estimate of drug-likeness (QED) is 0.752. The van der Waals surface area contributed by atoms with Gasteiger partial charge in [0.1, 0.15) is 11.4 Å². The molecule has 0 saturated carbocycles. The number of rotatable bonds is 7. The molecule has 0 spiro atoms. The lowest BCUT2D eigenvalue weighted by molar-refractivity contribution is 0.171. The van der Waals surface area contributed by atoms with Gasteiger partial charge in [-0.25, -0.2) is 0 Å². The summed E-state index contributed by atoms with van der Waals surface area (Å²) in [7, 11) is 0. The van der Waals surface area contributed by atoms with Gasteiger partial charge in [-0.2, -0.15) is 0 Å². The molecular formula is C18H25N3OS. The summed E-state index contributed by atoms with van der Waals surface area (Å²) < 4.78 is 5.71. The zero-order valence-corrected chi connectivity index (χ0v) is 14.6. The highest BCUT2D eigenvalue weighted by Crippen LogP contribution is 2.25. The largest absolute Gasteiger partial charge is 0.494 e. The number of ether oxygens (including phenoxy) is 1. The van der Waals surface area contributed by atoms with E-state index in [1.165, 1.54) is 5.56 Å². The van der Waals surface area contributed by atoms with E-state index in [0.717, 1.165) is 25.1 Å². The lowest BCUT2D eigenvalue weighted by atomic mass is 10.0. The lowest BCUT2D eigenvalue weighted by Crippen LogP contribution is -2.59. The van der Waals surface area contributed by atoms with E-state index in [2.05, 4.69) is 35.5 Å². The van der Waals surface area contributed by atoms with Crippen molar-refractivity contribution in [2.24, 2.45) is 5.73 Å². The van der Waals surface area contributed by atoms with Gasteiger partial charge in [0.2, 0.25) is 0 Å². The molecule has 0 fully saturated rings. The van der Waals surface area contributed by atoms with Gasteiger partial charge in [-0.3, -0.25) is 0 Å². The molecule has 1 aliphatic rings. The molecule has 1 aromatic carbocycles. The third-order valence-electron chi connectivity index (χ3n) is 4.03. The Bertz CT molecular complexity index is 600. The number of benzene rings is 1. The number of para-hydroxylation sites is 1. The second-order valence-electron chi connectivity index (χ2n) is 5.45. The van der Waals surface area contributed by atoms with Crippen molar-refractivity contribution >= 4 is 17.3 Å². The maximum absolute atomic E-state index is 5.73. The van der Waals surface area contributed by atoms with E-state index in [1.54, 1.807) is 0 Å². The number of nitrogens with one attached hydrogen (secondary N) is 1. The minimum atomic E-state index is -0.360. The van der Waals surface area contributed by atoms with Crippen molar-refractivity contribution in [3.8, 4) is 5.75 Å². The molecule has 0 saturated heterocycles. The van der Waals surface area contributed by atoms with Crippen molar-refractivity contribution in [1.82, 2.24) is 10.2 Å². The second kappa shape index (κ2) is 8.02. The van der Waals surface area contributed by atoms with Gasteiger partial charge in [-0.1, -0.05) is 31.2 Å². The zero-order valence-electron chi connectivity index (χ0n) is 13.8. The predicted octanol–water partition coefficient (Wildman–Crippen LogP) is 2.95. The Labute approximate surface area is 144 Å². The Balaban J connectivity index is 2.13. The highest BCUT2D eigenvalue weighted by atomic mass is 32.1. The van der Waals surface area contributed by atoms with Crippen LogP contribution < -0.4 is 15.8 Å². The van der Waals surface area contributed by atoms with Crippen molar-refractivity contribution in [2.75, 3.05) is 13.2 Å². The summed E-state index contributed by atoms with van der Waals surface area (Å²) in [6, 6.07) is 8.18. The summed E-state index contributed by atoms with van der Waals surface area (Å²) in [6.07, 6.45) is 10.00. The van der Waals surface area contributed by atoms with Crippen LogP contribution in [0.1, 0.15) is 25.8 Å². The molecule has 1 aromatic rings. The number of hydrogen-bond donors (Lipinski definition) is 2. The maximum Gasteiger partial charge on any atom is 0.165 e. The van der Waals surface area contributed by atoms with Crippen LogP contribution >= 0.6 is 12.2 Å². The summed E-state index contributed by atoms with van der Waals surface area (Å²) in [5.41, 5.74) is 6.58. The molecule has 4 nitrogen and oxygen atoms in total. The fourth-order valence-corrected chi connectivity index (χ4v) is 3.03. The molecule has 0 aromatic heterocycles. The molecule has 3 N–H and O–H groups in total. The van der Waals surface area contributed by atoms with Crippen LogP contribution in [0.25, 0.3) is 0 Å². The summed E-state index contributed by atoms with van der Waals surface area (Å²) in [5, 5.41) is 3.55. The summed E-state index contributed by atoms with van der Waals surface area (Å²) in [6.45, 7) is 5.64. The van der Waals surface area contributed by atoms with Crippen LogP contribution in [-0.4, -0.2) is 28.8 Å². The molecule has 1 unspecified atom stereocenters. The molecule has 1 heterocycles. The molecule has 0 radical (unpaired) electrons. The first-order chi connectivity index (χ1) is 11.1. The summed E-state index contributed by atoms with van der Waals surface area (Å²) >= 11 is 5.06. The minimum Gasteiger partial charge on any atom is -0.494 e. The van der Waals surface area contributed by atoms with E-state index < -0.39 is 0 Å². The molecular weight excluding hydrogens is 306 g/mol. The molecule has 0 amide bonds. The van der Waals surface area contributed by atoms with Crippen LogP contribution in [0.5, 0.6) is 5.75 Å². The van der Waals surface area contributed by atoms with Gasteiger partial charge >= 0.3 is 0 Å². The number of allylic oxidation sites excluding steroid dienone is 2. The van der Waals surface area contributed by atoms with Crippen LogP contribution in [0.3, 0.4) is 0 Å². The Kier molecular flexibility index (Phi) is 6.04. The average molecular weight is 331 g/mol. The van der Waals surface area contributed by atoms with Gasteiger partial charge in [0.05, 0.1) is 6.61 Å². The molecule has 2 rings (SSSR count). The van der Waals surface area contributed by atoms with E-state index in [-0.39, 0.29) is 5.66 Å². The van der Waals surface area contributed by atoms with Crippen molar-refractivity contribution in [2.45, 2.75) is 32.4 Å². The van der Waals surface area contributed by atoms with Crippen LogP contribution in [-0.2, 0) is 6.42 Å². The van der Waals surface area contributed by atoms with Gasteiger partial charge in [0.15, 0.2) is 5.11 Å². The first kappa shape index (κ1) is 17.3. The van der Waals surface area contributed by atoms with Crippen LogP contribution in [0.15, 0.2) is 48.7 Å². The summed E-state index contributed by atoms with van der Waals surface area (Å²) in [5.74, 6) is 0.955. The predicted molar refractivity (Wildman–Crippen MR) is 99.2 cm³/mol. The SMILES string of the molecule is CCOc1ccccc1CCN1C=CC=CC1(CC)NC(N)=S. The van der Waals surface area contributed by atoms with E-state index in [9.17, 15) is 0 Å². The standard InChI is InChI=1S/C18H25N3OS/c1-3-18(20-17(19)23)12-7-8-13-21(18)14-11-15-9-5-6-10-16(15)22-4-2/h5-10,12-13H,3-4,11,14H2,1-2H3,(H3,19,20,23). The fourth-order valence-electron chi connectivity index (χ4n) is 2.85. The molecule has 5 heteroatoms. The minimum absolute atomic E-state index is 0.312. The maximum atomic E-state index is 5.73.